The molecule has 1 aromatic rings. The topological polar surface area (TPSA) is 63.3 Å². The molecule has 0 saturated carbocycles. The Morgan fingerprint density at radius 1 is 1.62 bits per heavy atom. The third kappa shape index (κ3) is 2.03. The van der Waals surface area contributed by atoms with Crippen LogP contribution in [0.25, 0.3) is 0 Å². The van der Waals surface area contributed by atoms with E-state index in [1.807, 2.05) is 0 Å². The minimum Gasteiger partial charge on any atom is -0.478 e. The molecular formula is C9H10FNO2. The minimum absolute atomic E-state index is 0.0497. The number of rotatable bonds is 2. The molecule has 0 amide bonds. The van der Waals surface area contributed by atoms with E-state index in [1.54, 1.807) is 6.92 Å². The quantitative estimate of drug-likeness (QED) is 0.731. The van der Waals surface area contributed by atoms with Crippen LogP contribution in [0.3, 0.4) is 0 Å². The first-order chi connectivity index (χ1) is 6.02. The standard InChI is InChI=1S/C9H10FNO2/c1-5(11)7-4-6(9(12)13)2-3-8(7)10/h2-5H,11H2,1H3,(H,12,13)/t5-/m0/s1. The summed E-state index contributed by atoms with van der Waals surface area (Å²) in [6.07, 6.45) is 0. The molecule has 0 heterocycles. The Kier molecular flexibility index (Phi) is 2.63. The Morgan fingerprint density at radius 2 is 2.23 bits per heavy atom. The first-order valence-corrected chi connectivity index (χ1v) is 3.80. The summed E-state index contributed by atoms with van der Waals surface area (Å²) >= 11 is 0. The average Bonchev–Trinajstić information content (AvgIpc) is 2.04. The van der Waals surface area contributed by atoms with Gasteiger partial charge in [-0.3, -0.25) is 0 Å². The largest absolute Gasteiger partial charge is 0.478 e. The number of halogens is 1. The molecule has 1 aromatic carbocycles. The summed E-state index contributed by atoms with van der Waals surface area (Å²) in [4.78, 5) is 10.5. The zero-order valence-corrected chi connectivity index (χ0v) is 7.12. The summed E-state index contributed by atoms with van der Waals surface area (Å²) in [5.41, 5.74) is 5.72. The highest BCUT2D eigenvalue weighted by molar-refractivity contribution is 5.87. The fraction of sp³-hybridized carbons (Fsp3) is 0.222. The lowest BCUT2D eigenvalue weighted by atomic mass is 10.1. The maximum atomic E-state index is 13.0. The number of hydrogen-bond acceptors (Lipinski definition) is 2. The first-order valence-electron chi connectivity index (χ1n) is 3.80. The zero-order chi connectivity index (χ0) is 10.0. The fourth-order valence-electron chi connectivity index (χ4n) is 1.03. The zero-order valence-electron chi connectivity index (χ0n) is 7.12. The van der Waals surface area contributed by atoms with E-state index in [4.69, 9.17) is 10.8 Å². The van der Waals surface area contributed by atoms with E-state index < -0.39 is 17.8 Å². The van der Waals surface area contributed by atoms with Crippen molar-refractivity contribution in [3.63, 3.8) is 0 Å². The second-order valence-corrected chi connectivity index (χ2v) is 2.83. The van der Waals surface area contributed by atoms with Gasteiger partial charge in [-0.1, -0.05) is 0 Å². The molecule has 0 aliphatic heterocycles. The van der Waals surface area contributed by atoms with Crippen molar-refractivity contribution >= 4 is 5.97 Å². The van der Waals surface area contributed by atoms with Gasteiger partial charge in [-0.15, -0.1) is 0 Å². The normalized spacial score (nSPS) is 12.5. The number of benzene rings is 1. The number of carboxylic acids is 1. The molecule has 70 valence electrons. The Labute approximate surface area is 75.0 Å². The van der Waals surface area contributed by atoms with Crippen LogP contribution in [0.15, 0.2) is 18.2 Å². The molecule has 1 atom stereocenters. The number of carbonyl (C=O) groups is 1. The van der Waals surface area contributed by atoms with Crippen LogP contribution in [0.1, 0.15) is 28.9 Å². The molecule has 0 aliphatic rings. The van der Waals surface area contributed by atoms with Gasteiger partial charge in [0.2, 0.25) is 0 Å². The molecule has 0 aromatic heterocycles. The van der Waals surface area contributed by atoms with Crippen molar-refractivity contribution in [1.82, 2.24) is 0 Å². The number of carboxylic acid groups (broad SMARTS) is 1. The summed E-state index contributed by atoms with van der Waals surface area (Å²) in [6.45, 7) is 1.60. The van der Waals surface area contributed by atoms with Gasteiger partial charge in [0.15, 0.2) is 0 Å². The molecule has 0 unspecified atom stereocenters. The second-order valence-electron chi connectivity index (χ2n) is 2.83. The van der Waals surface area contributed by atoms with Crippen molar-refractivity contribution < 1.29 is 14.3 Å². The van der Waals surface area contributed by atoms with E-state index >= 15 is 0 Å². The maximum absolute atomic E-state index is 13.0. The molecule has 3 N–H and O–H groups in total. The predicted octanol–water partition coefficient (Wildman–Crippen LogP) is 1.54. The third-order valence-electron chi connectivity index (χ3n) is 1.73. The van der Waals surface area contributed by atoms with Crippen LogP contribution in [0.4, 0.5) is 4.39 Å². The van der Waals surface area contributed by atoms with Gasteiger partial charge >= 0.3 is 5.97 Å². The van der Waals surface area contributed by atoms with Crippen molar-refractivity contribution in [3.8, 4) is 0 Å². The van der Waals surface area contributed by atoms with Crippen LogP contribution in [0.2, 0.25) is 0 Å². The van der Waals surface area contributed by atoms with Gasteiger partial charge in [-0.25, -0.2) is 9.18 Å². The lowest BCUT2D eigenvalue weighted by molar-refractivity contribution is 0.0696. The molecule has 0 aliphatic carbocycles. The predicted molar refractivity (Wildman–Crippen MR) is 46.0 cm³/mol. The van der Waals surface area contributed by atoms with Gasteiger partial charge in [0.25, 0.3) is 0 Å². The molecule has 1 rings (SSSR count). The fourth-order valence-corrected chi connectivity index (χ4v) is 1.03. The Bertz CT molecular complexity index is 336. The number of hydrogen-bond donors (Lipinski definition) is 2. The Morgan fingerprint density at radius 3 is 2.69 bits per heavy atom. The molecule has 0 fully saturated rings. The van der Waals surface area contributed by atoms with Gasteiger partial charge < -0.3 is 10.8 Å². The minimum atomic E-state index is -1.08. The van der Waals surface area contributed by atoms with E-state index in [1.165, 1.54) is 12.1 Å². The molecule has 0 spiro atoms. The monoisotopic (exact) mass is 183 g/mol. The molecule has 4 heteroatoms. The summed E-state index contributed by atoms with van der Waals surface area (Å²) in [6, 6.07) is 3.08. The Hall–Kier alpha value is -1.42. The lowest BCUT2D eigenvalue weighted by Gasteiger charge is -2.07. The van der Waals surface area contributed by atoms with E-state index in [0.717, 1.165) is 6.07 Å². The van der Waals surface area contributed by atoms with Crippen LogP contribution in [0, 0.1) is 5.82 Å². The number of nitrogens with two attached hydrogens (primary N) is 1. The SMILES string of the molecule is C[C@H](N)c1cc(C(=O)O)ccc1F. The van der Waals surface area contributed by atoms with Crippen LogP contribution in [-0.2, 0) is 0 Å². The van der Waals surface area contributed by atoms with Gasteiger partial charge in [0.1, 0.15) is 5.82 Å². The summed E-state index contributed by atoms with van der Waals surface area (Å²) in [5.74, 6) is -1.55. The van der Waals surface area contributed by atoms with Crippen LogP contribution < -0.4 is 5.73 Å². The summed E-state index contributed by atoms with van der Waals surface area (Å²) < 4.78 is 13.0. The maximum Gasteiger partial charge on any atom is 0.335 e. The molecule has 0 saturated heterocycles. The van der Waals surface area contributed by atoms with Crippen LogP contribution >= 0.6 is 0 Å². The first kappa shape index (κ1) is 9.67. The van der Waals surface area contributed by atoms with E-state index in [9.17, 15) is 9.18 Å². The van der Waals surface area contributed by atoms with Crippen molar-refractivity contribution in [2.75, 3.05) is 0 Å². The second kappa shape index (κ2) is 3.53. The van der Waals surface area contributed by atoms with Crippen molar-refractivity contribution in [1.29, 1.82) is 0 Å². The summed E-state index contributed by atoms with van der Waals surface area (Å²) in [5, 5.41) is 8.62. The lowest BCUT2D eigenvalue weighted by Crippen LogP contribution is -2.09. The smallest absolute Gasteiger partial charge is 0.335 e. The van der Waals surface area contributed by atoms with E-state index in [0.29, 0.717) is 0 Å². The highest BCUT2D eigenvalue weighted by Gasteiger charge is 2.10. The van der Waals surface area contributed by atoms with Crippen molar-refractivity contribution in [3.05, 3.63) is 35.1 Å². The molecule has 3 nitrogen and oxygen atoms in total. The van der Waals surface area contributed by atoms with Crippen molar-refractivity contribution in [2.45, 2.75) is 13.0 Å². The van der Waals surface area contributed by atoms with Crippen LogP contribution in [-0.4, -0.2) is 11.1 Å². The van der Waals surface area contributed by atoms with Crippen molar-refractivity contribution in [2.24, 2.45) is 5.73 Å². The number of aromatic carboxylic acids is 1. The molecular weight excluding hydrogens is 173 g/mol. The van der Waals surface area contributed by atoms with E-state index in [2.05, 4.69) is 0 Å². The third-order valence-corrected chi connectivity index (χ3v) is 1.73. The molecule has 13 heavy (non-hydrogen) atoms. The van der Waals surface area contributed by atoms with Gasteiger partial charge in [0, 0.05) is 11.6 Å². The highest BCUT2D eigenvalue weighted by atomic mass is 19.1. The van der Waals surface area contributed by atoms with Gasteiger partial charge in [-0.2, -0.15) is 0 Å². The van der Waals surface area contributed by atoms with Crippen LogP contribution in [0.5, 0.6) is 0 Å². The molecule has 0 radical (unpaired) electrons. The summed E-state index contributed by atoms with van der Waals surface area (Å²) in [7, 11) is 0. The molecule has 0 bridgehead atoms. The average molecular weight is 183 g/mol. The van der Waals surface area contributed by atoms with Gasteiger partial charge in [-0.05, 0) is 25.1 Å². The Balaban J connectivity index is 3.19. The van der Waals surface area contributed by atoms with E-state index in [-0.39, 0.29) is 11.1 Å². The highest BCUT2D eigenvalue weighted by Crippen LogP contribution is 2.16. The van der Waals surface area contributed by atoms with Gasteiger partial charge in [0.05, 0.1) is 5.56 Å².